The van der Waals surface area contributed by atoms with Crippen LogP contribution in [0.1, 0.15) is 30.0 Å². The fourth-order valence-corrected chi connectivity index (χ4v) is 4.63. The lowest BCUT2D eigenvalue weighted by atomic mass is 9.87. The van der Waals surface area contributed by atoms with Gasteiger partial charge in [-0.05, 0) is 38.4 Å². The molecule has 2 aromatic rings. The first kappa shape index (κ1) is 17.1. The fraction of sp³-hybridized carbons (Fsp3) is 0.579. The number of likely N-dealkylation sites (N-methyl/N-ethyl adjacent to an activating group) is 1. The maximum Gasteiger partial charge on any atom is 0.107 e. The van der Waals surface area contributed by atoms with E-state index < -0.39 is 0 Å². The van der Waals surface area contributed by atoms with Gasteiger partial charge in [-0.2, -0.15) is 0 Å². The molecule has 1 spiro atoms. The highest BCUT2D eigenvalue weighted by Crippen LogP contribution is 2.38. The number of pyridine rings is 1. The lowest BCUT2D eigenvalue weighted by Crippen LogP contribution is -2.44. The molecule has 2 aliphatic rings. The molecule has 6 heteroatoms. The molecule has 2 fully saturated rings. The van der Waals surface area contributed by atoms with Crippen molar-refractivity contribution >= 4 is 11.3 Å². The van der Waals surface area contributed by atoms with Gasteiger partial charge in [-0.15, -0.1) is 11.3 Å². The van der Waals surface area contributed by atoms with Crippen molar-refractivity contribution in [2.75, 3.05) is 26.7 Å². The van der Waals surface area contributed by atoms with Gasteiger partial charge in [0.1, 0.15) is 5.01 Å². The Morgan fingerprint density at radius 3 is 2.88 bits per heavy atom. The Labute approximate surface area is 153 Å². The standard InChI is InChI=1S/C19H26N4OS/c1-22(13-16-4-2-3-7-20-16)17-12-19(24-15-17)5-9-23(10-6-19)14-18-21-8-11-25-18/h2-4,7-8,11,17H,5-6,9-10,12-15H2,1H3. The summed E-state index contributed by atoms with van der Waals surface area (Å²) in [5.41, 5.74) is 1.21. The van der Waals surface area contributed by atoms with E-state index in [0.717, 1.165) is 57.7 Å². The van der Waals surface area contributed by atoms with Crippen LogP contribution in [0, 0.1) is 0 Å². The van der Waals surface area contributed by atoms with Gasteiger partial charge in [0, 0.05) is 43.4 Å². The van der Waals surface area contributed by atoms with Crippen LogP contribution in [0.3, 0.4) is 0 Å². The Bertz CT molecular complexity index is 655. The Morgan fingerprint density at radius 2 is 2.16 bits per heavy atom. The van der Waals surface area contributed by atoms with Crippen molar-refractivity contribution in [1.82, 2.24) is 19.8 Å². The minimum absolute atomic E-state index is 0.0857. The van der Waals surface area contributed by atoms with Crippen molar-refractivity contribution in [2.45, 2.75) is 44.0 Å². The largest absolute Gasteiger partial charge is 0.373 e. The van der Waals surface area contributed by atoms with Crippen molar-refractivity contribution in [2.24, 2.45) is 0 Å². The first-order chi connectivity index (χ1) is 12.2. The molecule has 0 bridgehead atoms. The van der Waals surface area contributed by atoms with Gasteiger partial charge < -0.3 is 4.74 Å². The molecule has 1 atom stereocenters. The molecule has 5 nitrogen and oxygen atoms in total. The molecule has 0 saturated carbocycles. The van der Waals surface area contributed by atoms with E-state index in [1.165, 1.54) is 5.01 Å². The number of likely N-dealkylation sites (tertiary alicyclic amines) is 1. The average Bonchev–Trinajstić information content (AvgIpc) is 3.29. The number of rotatable bonds is 5. The van der Waals surface area contributed by atoms with Crippen LogP contribution in [0.2, 0.25) is 0 Å². The molecule has 4 heterocycles. The minimum atomic E-state index is 0.0857. The van der Waals surface area contributed by atoms with Gasteiger partial charge in [0.2, 0.25) is 0 Å². The number of piperidine rings is 1. The summed E-state index contributed by atoms with van der Waals surface area (Å²) in [6.45, 7) is 4.93. The quantitative estimate of drug-likeness (QED) is 0.822. The molecule has 0 amide bonds. The Kier molecular flexibility index (Phi) is 5.12. The molecule has 2 aromatic heterocycles. The summed E-state index contributed by atoms with van der Waals surface area (Å²) >= 11 is 1.75. The van der Waals surface area contributed by atoms with Crippen LogP contribution in [-0.4, -0.2) is 58.2 Å². The van der Waals surface area contributed by atoms with E-state index in [1.807, 2.05) is 18.5 Å². The van der Waals surface area contributed by atoms with Crippen molar-refractivity contribution in [3.8, 4) is 0 Å². The van der Waals surface area contributed by atoms with E-state index in [4.69, 9.17) is 4.74 Å². The van der Waals surface area contributed by atoms with Crippen molar-refractivity contribution < 1.29 is 4.74 Å². The predicted molar refractivity (Wildman–Crippen MR) is 99.4 cm³/mol. The second kappa shape index (κ2) is 7.50. The summed E-state index contributed by atoms with van der Waals surface area (Å²) in [4.78, 5) is 13.8. The van der Waals surface area contributed by atoms with Gasteiger partial charge >= 0.3 is 0 Å². The number of thiazole rings is 1. The SMILES string of the molecule is CN(Cc1ccccn1)C1COC2(CCN(Cc3nccs3)CC2)C1. The van der Waals surface area contributed by atoms with Crippen LogP contribution >= 0.6 is 11.3 Å². The number of hydrogen-bond donors (Lipinski definition) is 0. The smallest absolute Gasteiger partial charge is 0.107 e. The van der Waals surface area contributed by atoms with E-state index in [2.05, 4.69) is 44.3 Å². The van der Waals surface area contributed by atoms with E-state index in [-0.39, 0.29) is 5.60 Å². The summed E-state index contributed by atoms with van der Waals surface area (Å²) in [5, 5.41) is 3.28. The number of nitrogens with zero attached hydrogens (tertiary/aromatic N) is 4. The van der Waals surface area contributed by atoms with Crippen LogP contribution in [0.25, 0.3) is 0 Å². The monoisotopic (exact) mass is 358 g/mol. The van der Waals surface area contributed by atoms with Gasteiger partial charge in [-0.3, -0.25) is 14.8 Å². The predicted octanol–water partition coefficient (Wildman–Crippen LogP) is 2.79. The maximum absolute atomic E-state index is 6.33. The van der Waals surface area contributed by atoms with Crippen molar-refractivity contribution in [3.05, 3.63) is 46.7 Å². The van der Waals surface area contributed by atoms with Crippen molar-refractivity contribution in [1.29, 1.82) is 0 Å². The molecule has 0 aliphatic carbocycles. The van der Waals surface area contributed by atoms with Crippen LogP contribution < -0.4 is 0 Å². The highest BCUT2D eigenvalue weighted by atomic mass is 32.1. The fourth-order valence-electron chi connectivity index (χ4n) is 3.97. The van der Waals surface area contributed by atoms with Gasteiger partial charge in [-0.25, -0.2) is 4.98 Å². The third-order valence-electron chi connectivity index (χ3n) is 5.56. The molecule has 0 radical (unpaired) electrons. The van der Waals surface area contributed by atoms with Crippen LogP contribution in [0.15, 0.2) is 36.0 Å². The van der Waals surface area contributed by atoms with E-state index in [0.29, 0.717) is 6.04 Å². The number of hydrogen-bond acceptors (Lipinski definition) is 6. The zero-order chi connectivity index (χ0) is 17.1. The zero-order valence-corrected chi connectivity index (χ0v) is 15.6. The molecule has 0 N–H and O–H groups in total. The van der Waals surface area contributed by atoms with E-state index >= 15 is 0 Å². The summed E-state index contributed by atoms with van der Waals surface area (Å²) in [6.07, 6.45) is 7.17. The van der Waals surface area contributed by atoms with Gasteiger partial charge in [0.15, 0.2) is 0 Å². The summed E-state index contributed by atoms with van der Waals surface area (Å²) in [6, 6.07) is 6.61. The molecular weight excluding hydrogens is 332 g/mol. The third-order valence-corrected chi connectivity index (χ3v) is 6.32. The Balaban J connectivity index is 1.28. The zero-order valence-electron chi connectivity index (χ0n) is 14.8. The van der Waals surface area contributed by atoms with Gasteiger partial charge in [0.05, 0.1) is 24.4 Å². The molecular formula is C19H26N4OS. The second-order valence-electron chi connectivity index (χ2n) is 7.29. The summed E-state index contributed by atoms with van der Waals surface area (Å²) < 4.78 is 6.33. The summed E-state index contributed by atoms with van der Waals surface area (Å²) in [5.74, 6) is 0. The average molecular weight is 359 g/mol. The molecule has 2 saturated heterocycles. The first-order valence-corrected chi connectivity index (χ1v) is 9.95. The second-order valence-corrected chi connectivity index (χ2v) is 8.27. The topological polar surface area (TPSA) is 41.5 Å². The van der Waals surface area contributed by atoms with Crippen LogP contribution in [0.4, 0.5) is 0 Å². The minimum Gasteiger partial charge on any atom is -0.373 e. The highest BCUT2D eigenvalue weighted by Gasteiger charge is 2.43. The summed E-state index contributed by atoms with van der Waals surface area (Å²) in [7, 11) is 2.19. The number of ether oxygens (including phenoxy) is 1. The van der Waals surface area contributed by atoms with Crippen molar-refractivity contribution in [3.63, 3.8) is 0 Å². The van der Waals surface area contributed by atoms with Crippen LogP contribution in [-0.2, 0) is 17.8 Å². The van der Waals surface area contributed by atoms with E-state index in [9.17, 15) is 0 Å². The molecule has 2 aliphatic heterocycles. The van der Waals surface area contributed by atoms with E-state index in [1.54, 1.807) is 11.3 Å². The Morgan fingerprint density at radius 1 is 1.28 bits per heavy atom. The maximum atomic E-state index is 6.33. The van der Waals surface area contributed by atoms with Gasteiger partial charge in [0.25, 0.3) is 0 Å². The van der Waals surface area contributed by atoms with Crippen LogP contribution in [0.5, 0.6) is 0 Å². The first-order valence-electron chi connectivity index (χ1n) is 9.07. The highest BCUT2D eigenvalue weighted by molar-refractivity contribution is 7.09. The normalized spacial score (nSPS) is 23.5. The van der Waals surface area contributed by atoms with Gasteiger partial charge in [-0.1, -0.05) is 6.07 Å². The number of aromatic nitrogens is 2. The lowest BCUT2D eigenvalue weighted by molar-refractivity contribution is -0.0452. The molecule has 134 valence electrons. The molecule has 0 aromatic carbocycles. The lowest BCUT2D eigenvalue weighted by Gasteiger charge is -2.38. The molecule has 25 heavy (non-hydrogen) atoms. The third kappa shape index (κ3) is 4.08. The Hall–Kier alpha value is -1.34. The molecule has 4 rings (SSSR count). The molecule has 1 unspecified atom stereocenters.